The lowest BCUT2D eigenvalue weighted by Gasteiger charge is -2.07. The molecule has 0 aliphatic rings. The summed E-state index contributed by atoms with van der Waals surface area (Å²) in [4.78, 5) is 8.48. The molecular formula is C20H17N5. The standard InChI is InChI=1S/C20H17N5/c1-2-10-22-20(8-1)25-15-19(14-24-25)23-12-16-5-3-6-17(11-16)18-7-4-9-21-13-18/h1-11,13-15,23H,12H2. The maximum absolute atomic E-state index is 4.35. The van der Waals surface area contributed by atoms with Gasteiger partial charge in [-0.2, -0.15) is 5.10 Å². The molecule has 0 saturated carbocycles. The average molecular weight is 327 g/mol. The maximum atomic E-state index is 4.35. The van der Waals surface area contributed by atoms with Gasteiger partial charge in [-0.3, -0.25) is 4.98 Å². The van der Waals surface area contributed by atoms with Gasteiger partial charge in [-0.25, -0.2) is 9.67 Å². The first-order valence-electron chi connectivity index (χ1n) is 8.08. The number of nitrogens with one attached hydrogen (secondary N) is 1. The number of hydrogen-bond acceptors (Lipinski definition) is 4. The molecule has 0 amide bonds. The van der Waals surface area contributed by atoms with E-state index in [1.807, 2.05) is 36.7 Å². The minimum Gasteiger partial charge on any atom is -0.378 e. The maximum Gasteiger partial charge on any atom is 0.153 e. The molecule has 1 aromatic carbocycles. The molecule has 122 valence electrons. The normalized spacial score (nSPS) is 10.6. The molecular weight excluding hydrogens is 310 g/mol. The molecule has 5 nitrogen and oxygen atoms in total. The fourth-order valence-corrected chi connectivity index (χ4v) is 2.63. The molecule has 5 heteroatoms. The lowest BCUT2D eigenvalue weighted by Crippen LogP contribution is -1.99. The molecule has 0 aliphatic carbocycles. The largest absolute Gasteiger partial charge is 0.378 e. The third-order valence-electron chi connectivity index (χ3n) is 3.89. The second-order valence-corrected chi connectivity index (χ2v) is 5.66. The fraction of sp³-hybridized carbons (Fsp3) is 0.0500. The summed E-state index contributed by atoms with van der Waals surface area (Å²) in [5, 5.41) is 7.75. The van der Waals surface area contributed by atoms with E-state index in [9.17, 15) is 0 Å². The Kier molecular flexibility index (Phi) is 4.20. The van der Waals surface area contributed by atoms with E-state index in [1.165, 1.54) is 5.56 Å². The predicted octanol–water partition coefficient (Wildman–Crippen LogP) is 3.94. The van der Waals surface area contributed by atoms with Crippen molar-refractivity contribution in [2.45, 2.75) is 6.54 Å². The van der Waals surface area contributed by atoms with Crippen molar-refractivity contribution in [2.75, 3.05) is 5.32 Å². The zero-order valence-electron chi connectivity index (χ0n) is 13.6. The Morgan fingerprint density at radius 1 is 0.880 bits per heavy atom. The molecule has 0 spiro atoms. The van der Waals surface area contributed by atoms with E-state index in [-0.39, 0.29) is 0 Å². The summed E-state index contributed by atoms with van der Waals surface area (Å²) in [6.07, 6.45) is 9.17. The highest BCUT2D eigenvalue weighted by molar-refractivity contribution is 5.63. The SMILES string of the molecule is c1ccc(-n2cc(NCc3cccc(-c4cccnc4)c3)cn2)nc1. The molecule has 3 aromatic heterocycles. The third kappa shape index (κ3) is 3.55. The van der Waals surface area contributed by atoms with Crippen LogP contribution in [-0.4, -0.2) is 19.7 Å². The molecule has 0 aliphatic heterocycles. The van der Waals surface area contributed by atoms with Crippen LogP contribution in [0.1, 0.15) is 5.56 Å². The quantitative estimate of drug-likeness (QED) is 0.603. The van der Waals surface area contributed by atoms with E-state index >= 15 is 0 Å². The van der Waals surface area contributed by atoms with Crippen LogP contribution >= 0.6 is 0 Å². The van der Waals surface area contributed by atoms with E-state index in [1.54, 1.807) is 23.3 Å². The summed E-state index contributed by atoms with van der Waals surface area (Å²) < 4.78 is 1.76. The number of pyridine rings is 2. The number of nitrogens with zero attached hydrogens (tertiary/aromatic N) is 4. The van der Waals surface area contributed by atoms with Gasteiger partial charge in [-0.05, 0) is 41.0 Å². The summed E-state index contributed by atoms with van der Waals surface area (Å²) in [5.74, 6) is 0.800. The van der Waals surface area contributed by atoms with Gasteiger partial charge in [0.25, 0.3) is 0 Å². The van der Waals surface area contributed by atoms with E-state index in [0.717, 1.165) is 29.2 Å². The first kappa shape index (κ1) is 15.1. The molecule has 0 saturated heterocycles. The van der Waals surface area contributed by atoms with Crippen LogP contribution in [0.4, 0.5) is 5.69 Å². The van der Waals surface area contributed by atoms with Crippen LogP contribution < -0.4 is 5.32 Å². The van der Waals surface area contributed by atoms with Crippen molar-refractivity contribution in [3.63, 3.8) is 0 Å². The molecule has 0 radical (unpaired) electrons. The Labute approximate surface area is 146 Å². The van der Waals surface area contributed by atoms with E-state index in [2.05, 4.69) is 50.7 Å². The summed E-state index contributed by atoms with van der Waals surface area (Å²) in [7, 11) is 0. The van der Waals surface area contributed by atoms with Crippen molar-refractivity contribution in [2.24, 2.45) is 0 Å². The summed E-state index contributed by atoms with van der Waals surface area (Å²) >= 11 is 0. The van der Waals surface area contributed by atoms with Crippen molar-refractivity contribution in [1.82, 2.24) is 19.7 Å². The fourth-order valence-electron chi connectivity index (χ4n) is 2.63. The van der Waals surface area contributed by atoms with Gasteiger partial charge in [0, 0.05) is 25.1 Å². The van der Waals surface area contributed by atoms with Crippen LogP contribution in [0, 0.1) is 0 Å². The Bertz CT molecular complexity index is 948. The number of hydrogen-bond donors (Lipinski definition) is 1. The Balaban J connectivity index is 1.46. The molecule has 0 unspecified atom stereocenters. The van der Waals surface area contributed by atoms with Gasteiger partial charge in [0.05, 0.1) is 18.1 Å². The Hall–Kier alpha value is -3.47. The highest BCUT2D eigenvalue weighted by Gasteiger charge is 2.03. The van der Waals surface area contributed by atoms with Gasteiger partial charge in [-0.15, -0.1) is 0 Å². The zero-order chi connectivity index (χ0) is 16.9. The number of rotatable bonds is 5. The first-order chi connectivity index (χ1) is 12.4. The van der Waals surface area contributed by atoms with Crippen LogP contribution in [0.25, 0.3) is 16.9 Å². The van der Waals surface area contributed by atoms with Crippen LogP contribution in [-0.2, 0) is 6.54 Å². The van der Waals surface area contributed by atoms with Gasteiger partial charge in [0.2, 0.25) is 0 Å². The molecule has 3 heterocycles. The number of anilines is 1. The first-order valence-corrected chi connectivity index (χ1v) is 8.08. The van der Waals surface area contributed by atoms with Crippen molar-refractivity contribution in [1.29, 1.82) is 0 Å². The summed E-state index contributed by atoms with van der Waals surface area (Å²) in [6, 6.07) is 18.2. The van der Waals surface area contributed by atoms with Gasteiger partial charge in [-0.1, -0.05) is 30.3 Å². The van der Waals surface area contributed by atoms with Crippen LogP contribution in [0.15, 0.2) is 85.6 Å². The summed E-state index contributed by atoms with van der Waals surface area (Å²) in [6.45, 7) is 0.724. The van der Waals surface area contributed by atoms with E-state index < -0.39 is 0 Å². The molecule has 0 atom stereocenters. The Morgan fingerprint density at radius 3 is 2.68 bits per heavy atom. The van der Waals surface area contributed by atoms with E-state index in [0.29, 0.717) is 0 Å². The highest BCUT2D eigenvalue weighted by Crippen LogP contribution is 2.20. The molecule has 0 fully saturated rings. The van der Waals surface area contributed by atoms with Gasteiger partial charge < -0.3 is 5.32 Å². The lowest BCUT2D eigenvalue weighted by molar-refractivity contribution is 0.847. The molecule has 0 bridgehead atoms. The second-order valence-electron chi connectivity index (χ2n) is 5.66. The van der Waals surface area contributed by atoms with Gasteiger partial charge >= 0.3 is 0 Å². The van der Waals surface area contributed by atoms with E-state index in [4.69, 9.17) is 0 Å². The van der Waals surface area contributed by atoms with Crippen molar-refractivity contribution in [3.05, 3.63) is 91.1 Å². The average Bonchev–Trinajstić information content (AvgIpc) is 3.17. The van der Waals surface area contributed by atoms with Gasteiger partial charge in [0.1, 0.15) is 0 Å². The predicted molar refractivity (Wildman–Crippen MR) is 98.4 cm³/mol. The van der Waals surface area contributed by atoms with Crippen molar-refractivity contribution < 1.29 is 0 Å². The third-order valence-corrected chi connectivity index (χ3v) is 3.89. The van der Waals surface area contributed by atoms with Crippen molar-refractivity contribution in [3.8, 4) is 16.9 Å². The monoisotopic (exact) mass is 327 g/mol. The molecule has 25 heavy (non-hydrogen) atoms. The molecule has 1 N–H and O–H groups in total. The lowest BCUT2D eigenvalue weighted by atomic mass is 10.0. The minimum absolute atomic E-state index is 0.724. The Morgan fingerprint density at radius 2 is 1.84 bits per heavy atom. The van der Waals surface area contributed by atoms with Crippen LogP contribution in [0.2, 0.25) is 0 Å². The van der Waals surface area contributed by atoms with Gasteiger partial charge in [0.15, 0.2) is 5.82 Å². The zero-order valence-corrected chi connectivity index (χ0v) is 13.6. The van der Waals surface area contributed by atoms with Crippen LogP contribution in [0.3, 0.4) is 0 Å². The van der Waals surface area contributed by atoms with Crippen LogP contribution in [0.5, 0.6) is 0 Å². The second kappa shape index (κ2) is 6.97. The van der Waals surface area contributed by atoms with Crippen molar-refractivity contribution >= 4 is 5.69 Å². The smallest absolute Gasteiger partial charge is 0.153 e. The molecule has 4 aromatic rings. The number of benzene rings is 1. The highest BCUT2D eigenvalue weighted by atomic mass is 15.3. The molecule has 4 rings (SSSR count). The number of aromatic nitrogens is 4. The minimum atomic E-state index is 0.724. The summed E-state index contributed by atoms with van der Waals surface area (Å²) in [5.41, 5.74) is 4.44. The topological polar surface area (TPSA) is 55.6 Å².